The van der Waals surface area contributed by atoms with E-state index in [4.69, 9.17) is 15.2 Å². The Kier molecular flexibility index (Phi) is 4.76. The van der Waals surface area contributed by atoms with E-state index < -0.39 is 0 Å². The molecule has 0 spiro atoms. The van der Waals surface area contributed by atoms with Gasteiger partial charge in [0.05, 0.1) is 25.2 Å². The molecule has 0 radical (unpaired) electrons. The molecule has 0 aromatic heterocycles. The lowest BCUT2D eigenvalue weighted by Gasteiger charge is -2.33. The molecular formula is C12H22N2O3. The van der Waals surface area contributed by atoms with Gasteiger partial charge >= 0.3 is 0 Å². The maximum atomic E-state index is 12.1. The number of rotatable bonds is 3. The molecule has 1 amide bonds. The Morgan fingerprint density at radius 1 is 1.24 bits per heavy atom. The number of hydrogen-bond donors (Lipinski definition) is 1. The van der Waals surface area contributed by atoms with Crippen LogP contribution in [0, 0.1) is 0 Å². The first-order valence-corrected chi connectivity index (χ1v) is 6.50. The molecule has 2 N–H and O–H groups in total. The molecule has 2 fully saturated rings. The van der Waals surface area contributed by atoms with Crippen LogP contribution >= 0.6 is 0 Å². The first kappa shape index (κ1) is 12.8. The van der Waals surface area contributed by atoms with Crippen LogP contribution in [-0.2, 0) is 14.3 Å². The molecule has 0 unspecified atom stereocenters. The fourth-order valence-electron chi connectivity index (χ4n) is 2.38. The second-order valence-electron chi connectivity index (χ2n) is 4.76. The molecule has 0 saturated carbocycles. The summed E-state index contributed by atoms with van der Waals surface area (Å²) < 4.78 is 11.0. The van der Waals surface area contributed by atoms with Crippen molar-refractivity contribution < 1.29 is 14.3 Å². The highest BCUT2D eigenvalue weighted by molar-refractivity contribution is 5.76. The number of hydrogen-bond acceptors (Lipinski definition) is 4. The standard InChI is InChI=1S/C12H22N2O3/c13-8-11-9-14(4-6-17-11)12(15)7-10-3-1-2-5-16-10/h10-11H,1-9,13H2/t10-,11+/m0/s1. The Morgan fingerprint density at radius 3 is 2.76 bits per heavy atom. The van der Waals surface area contributed by atoms with Gasteiger partial charge in [0.15, 0.2) is 0 Å². The first-order chi connectivity index (χ1) is 8.29. The lowest BCUT2D eigenvalue weighted by molar-refractivity contribution is -0.142. The van der Waals surface area contributed by atoms with Crippen molar-refractivity contribution in [2.75, 3.05) is 32.8 Å². The number of morpholine rings is 1. The lowest BCUT2D eigenvalue weighted by Crippen LogP contribution is -2.48. The quantitative estimate of drug-likeness (QED) is 0.764. The van der Waals surface area contributed by atoms with Crippen LogP contribution < -0.4 is 5.73 Å². The van der Waals surface area contributed by atoms with Gasteiger partial charge < -0.3 is 20.1 Å². The Hall–Kier alpha value is -0.650. The van der Waals surface area contributed by atoms with Crippen molar-refractivity contribution >= 4 is 5.91 Å². The van der Waals surface area contributed by atoms with Gasteiger partial charge in [0.25, 0.3) is 0 Å². The maximum absolute atomic E-state index is 12.1. The molecule has 0 bridgehead atoms. The van der Waals surface area contributed by atoms with Crippen LogP contribution in [0.2, 0.25) is 0 Å². The van der Waals surface area contributed by atoms with Gasteiger partial charge in [0, 0.05) is 26.2 Å². The zero-order valence-corrected chi connectivity index (χ0v) is 10.3. The van der Waals surface area contributed by atoms with E-state index >= 15 is 0 Å². The average molecular weight is 242 g/mol. The normalized spacial score (nSPS) is 30.3. The van der Waals surface area contributed by atoms with Crippen molar-refractivity contribution in [1.82, 2.24) is 4.90 Å². The zero-order valence-electron chi connectivity index (χ0n) is 10.3. The minimum Gasteiger partial charge on any atom is -0.378 e. The fraction of sp³-hybridized carbons (Fsp3) is 0.917. The third kappa shape index (κ3) is 3.66. The molecule has 0 aromatic rings. The van der Waals surface area contributed by atoms with E-state index in [1.807, 2.05) is 4.90 Å². The Balaban J connectivity index is 1.78. The summed E-state index contributed by atoms with van der Waals surface area (Å²) in [5.74, 6) is 0.179. The van der Waals surface area contributed by atoms with Gasteiger partial charge in [-0.1, -0.05) is 0 Å². The lowest BCUT2D eigenvalue weighted by atomic mass is 10.1. The molecule has 2 heterocycles. The summed E-state index contributed by atoms with van der Waals surface area (Å²) in [7, 11) is 0. The third-order valence-corrected chi connectivity index (χ3v) is 3.43. The zero-order chi connectivity index (χ0) is 12.1. The van der Waals surface area contributed by atoms with Crippen LogP contribution in [0.1, 0.15) is 25.7 Å². The van der Waals surface area contributed by atoms with Gasteiger partial charge in [-0.05, 0) is 19.3 Å². The minimum absolute atomic E-state index is 0.0000239. The van der Waals surface area contributed by atoms with Crippen LogP contribution in [0.5, 0.6) is 0 Å². The Labute approximate surface area is 102 Å². The fourth-order valence-corrected chi connectivity index (χ4v) is 2.38. The van der Waals surface area contributed by atoms with Crippen LogP contribution in [0.3, 0.4) is 0 Å². The van der Waals surface area contributed by atoms with Gasteiger partial charge in [-0.25, -0.2) is 0 Å². The number of nitrogens with two attached hydrogens (primary N) is 1. The predicted octanol–water partition coefficient (Wildman–Crippen LogP) is 0.132. The van der Waals surface area contributed by atoms with E-state index in [-0.39, 0.29) is 18.1 Å². The summed E-state index contributed by atoms with van der Waals surface area (Å²) >= 11 is 0. The molecule has 2 aliphatic heterocycles. The van der Waals surface area contributed by atoms with E-state index in [1.54, 1.807) is 0 Å². The van der Waals surface area contributed by atoms with E-state index in [0.29, 0.717) is 32.7 Å². The smallest absolute Gasteiger partial charge is 0.225 e. The Bertz CT molecular complexity index is 254. The summed E-state index contributed by atoms with van der Waals surface area (Å²) in [4.78, 5) is 13.9. The van der Waals surface area contributed by atoms with Crippen LogP contribution in [-0.4, -0.2) is 55.9 Å². The first-order valence-electron chi connectivity index (χ1n) is 6.50. The largest absolute Gasteiger partial charge is 0.378 e. The second-order valence-corrected chi connectivity index (χ2v) is 4.76. The maximum Gasteiger partial charge on any atom is 0.225 e. The van der Waals surface area contributed by atoms with E-state index in [1.165, 1.54) is 6.42 Å². The van der Waals surface area contributed by atoms with Crippen molar-refractivity contribution in [1.29, 1.82) is 0 Å². The average Bonchev–Trinajstić information content (AvgIpc) is 2.40. The molecular weight excluding hydrogens is 220 g/mol. The van der Waals surface area contributed by atoms with Crippen LogP contribution in [0.4, 0.5) is 0 Å². The number of carbonyl (C=O) groups is 1. The van der Waals surface area contributed by atoms with Gasteiger partial charge in [-0.15, -0.1) is 0 Å². The topological polar surface area (TPSA) is 64.8 Å². The summed E-state index contributed by atoms with van der Waals surface area (Å²) in [6, 6.07) is 0. The number of nitrogens with zero attached hydrogens (tertiary/aromatic N) is 1. The number of ether oxygens (including phenoxy) is 2. The van der Waals surface area contributed by atoms with Gasteiger partial charge in [-0.3, -0.25) is 4.79 Å². The summed E-state index contributed by atoms with van der Waals surface area (Å²) in [5.41, 5.74) is 5.56. The number of carbonyl (C=O) groups excluding carboxylic acids is 1. The van der Waals surface area contributed by atoms with Gasteiger partial charge in [-0.2, -0.15) is 0 Å². The molecule has 2 aliphatic rings. The van der Waals surface area contributed by atoms with Gasteiger partial charge in [0.1, 0.15) is 0 Å². The highest BCUT2D eigenvalue weighted by atomic mass is 16.5. The molecule has 98 valence electrons. The van der Waals surface area contributed by atoms with Gasteiger partial charge in [0.2, 0.25) is 5.91 Å². The molecule has 2 atom stereocenters. The van der Waals surface area contributed by atoms with Crippen molar-refractivity contribution in [2.45, 2.75) is 37.9 Å². The van der Waals surface area contributed by atoms with E-state index in [0.717, 1.165) is 19.4 Å². The summed E-state index contributed by atoms with van der Waals surface area (Å²) in [6.07, 6.45) is 3.94. The highest BCUT2D eigenvalue weighted by Gasteiger charge is 2.26. The second kappa shape index (κ2) is 6.33. The van der Waals surface area contributed by atoms with E-state index in [9.17, 15) is 4.79 Å². The molecule has 5 nitrogen and oxygen atoms in total. The molecule has 0 aliphatic carbocycles. The minimum atomic E-state index is -0.0000239. The number of amides is 1. The van der Waals surface area contributed by atoms with Crippen molar-refractivity contribution in [3.63, 3.8) is 0 Å². The predicted molar refractivity (Wildman–Crippen MR) is 63.6 cm³/mol. The molecule has 0 aromatic carbocycles. The molecule has 2 saturated heterocycles. The molecule has 2 rings (SSSR count). The Morgan fingerprint density at radius 2 is 2.06 bits per heavy atom. The van der Waals surface area contributed by atoms with Crippen LogP contribution in [0.15, 0.2) is 0 Å². The summed E-state index contributed by atoms with van der Waals surface area (Å²) in [5, 5.41) is 0. The highest BCUT2D eigenvalue weighted by Crippen LogP contribution is 2.17. The van der Waals surface area contributed by atoms with E-state index in [2.05, 4.69) is 0 Å². The van der Waals surface area contributed by atoms with Crippen LogP contribution in [0.25, 0.3) is 0 Å². The molecule has 17 heavy (non-hydrogen) atoms. The summed E-state index contributed by atoms with van der Waals surface area (Å²) in [6.45, 7) is 3.18. The monoisotopic (exact) mass is 242 g/mol. The van der Waals surface area contributed by atoms with Crippen molar-refractivity contribution in [3.05, 3.63) is 0 Å². The van der Waals surface area contributed by atoms with Crippen molar-refractivity contribution in [2.24, 2.45) is 5.73 Å². The van der Waals surface area contributed by atoms with Crippen molar-refractivity contribution in [3.8, 4) is 0 Å². The SMILES string of the molecule is NC[C@@H]1CN(C(=O)C[C@@H]2CCCCO2)CCO1. The third-order valence-electron chi connectivity index (χ3n) is 3.43. The molecule has 5 heteroatoms.